The monoisotopic (exact) mass is 274 g/mol. The minimum Gasteiger partial charge on any atom is -0.497 e. The van der Waals surface area contributed by atoms with Gasteiger partial charge >= 0.3 is 0 Å². The van der Waals surface area contributed by atoms with Crippen molar-refractivity contribution in [2.24, 2.45) is 0 Å². The smallest absolute Gasteiger partial charge is 0.258 e. The first-order chi connectivity index (χ1) is 9.52. The number of methoxy groups -OCH3 is 1. The number of carbonyl (C=O) groups excluding carboxylic acids is 1. The van der Waals surface area contributed by atoms with Crippen LogP contribution in [0.4, 0.5) is 15.8 Å². The first kappa shape index (κ1) is 13.9. The summed E-state index contributed by atoms with van der Waals surface area (Å²) in [4.78, 5) is 13.7. The van der Waals surface area contributed by atoms with Crippen LogP contribution in [0.3, 0.4) is 0 Å². The number of hydrogen-bond acceptors (Lipinski definition) is 3. The van der Waals surface area contributed by atoms with E-state index in [9.17, 15) is 9.18 Å². The number of hydrogen-bond donors (Lipinski definition) is 1. The predicted octanol–water partition coefficient (Wildman–Crippen LogP) is 2.69. The fourth-order valence-electron chi connectivity index (χ4n) is 1.78. The van der Waals surface area contributed by atoms with Crippen LogP contribution in [-0.4, -0.2) is 20.1 Å². The van der Waals surface area contributed by atoms with Gasteiger partial charge in [-0.3, -0.25) is 4.79 Å². The van der Waals surface area contributed by atoms with E-state index >= 15 is 0 Å². The lowest BCUT2D eigenvalue weighted by molar-refractivity contribution is 0.0992. The zero-order valence-electron chi connectivity index (χ0n) is 11.3. The van der Waals surface area contributed by atoms with Gasteiger partial charge in [0.2, 0.25) is 0 Å². The first-order valence-electron chi connectivity index (χ1n) is 6.00. The molecule has 0 saturated heterocycles. The Bertz CT molecular complexity index is 626. The number of benzene rings is 2. The number of nitrogens with two attached hydrogens (primary N) is 1. The molecule has 20 heavy (non-hydrogen) atoms. The molecule has 0 spiro atoms. The van der Waals surface area contributed by atoms with Gasteiger partial charge in [-0.25, -0.2) is 4.39 Å². The Morgan fingerprint density at radius 2 is 1.85 bits per heavy atom. The van der Waals surface area contributed by atoms with Crippen molar-refractivity contribution in [1.29, 1.82) is 0 Å². The Labute approximate surface area is 116 Å². The maximum Gasteiger partial charge on any atom is 0.258 e. The third-order valence-corrected chi connectivity index (χ3v) is 3.01. The number of carbonyl (C=O) groups is 1. The summed E-state index contributed by atoms with van der Waals surface area (Å²) in [7, 11) is 3.19. The van der Waals surface area contributed by atoms with E-state index in [1.54, 1.807) is 38.4 Å². The lowest BCUT2D eigenvalue weighted by Gasteiger charge is -2.18. The van der Waals surface area contributed by atoms with Crippen LogP contribution >= 0.6 is 0 Å². The van der Waals surface area contributed by atoms with Crippen molar-refractivity contribution in [2.45, 2.75) is 0 Å². The fourth-order valence-corrected chi connectivity index (χ4v) is 1.78. The molecule has 2 N–H and O–H groups in total. The van der Waals surface area contributed by atoms with Gasteiger partial charge in [0, 0.05) is 18.3 Å². The van der Waals surface area contributed by atoms with E-state index in [0.717, 1.165) is 6.07 Å². The second kappa shape index (κ2) is 5.61. The van der Waals surface area contributed by atoms with E-state index in [1.165, 1.54) is 17.0 Å². The molecule has 104 valence electrons. The molecule has 0 fully saturated rings. The second-order valence-corrected chi connectivity index (χ2v) is 4.30. The van der Waals surface area contributed by atoms with Crippen molar-refractivity contribution in [1.82, 2.24) is 0 Å². The summed E-state index contributed by atoms with van der Waals surface area (Å²) < 4.78 is 18.4. The summed E-state index contributed by atoms with van der Waals surface area (Å²) in [5.74, 6) is -0.207. The van der Waals surface area contributed by atoms with Crippen molar-refractivity contribution in [3.63, 3.8) is 0 Å². The van der Waals surface area contributed by atoms with Gasteiger partial charge in [-0.2, -0.15) is 0 Å². The molecule has 1 amide bonds. The van der Waals surface area contributed by atoms with Crippen molar-refractivity contribution in [3.8, 4) is 5.75 Å². The number of amides is 1. The van der Waals surface area contributed by atoms with Crippen LogP contribution in [-0.2, 0) is 0 Å². The maximum atomic E-state index is 13.4. The zero-order valence-corrected chi connectivity index (χ0v) is 11.3. The van der Waals surface area contributed by atoms with Crippen molar-refractivity contribution >= 4 is 17.3 Å². The van der Waals surface area contributed by atoms with E-state index < -0.39 is 5.82 Å². The molecule has 0 aliphatic carbocycles. The van der Waals surface area contributed by atoms with Crippen LogP contribution in [0.1, 0.15) is 10.4 Å². The van der Waals surface area contributed by atoms with Gasteiger partial charge < -0.3 is 15.4 Å². The lowest BCUT2D eigenvalue weighted by Crippen LogP contribution is -2.26. The topological polar surface area (TPSA) is 55.6 Å². The maximum absolute atomic E-state index is 13.4. The highest BCUT2D eigenvalue weighted by atomic mass is 19.1. The van der Waals surface area contributed by atoms with E-state index in [4.69, 9.17) is 10.5 Å². The largest absolute Gasteiger partial charge is 0.497 e. The van der Waals surface area contributed by atoms with Crippen LogP contribution in [0.15, 0.2) is 42.5 Å². The van der Waals surface area contributed by atoms with Crippen LogP contribution in [0.2, 0.25) is 0 Å². The third kappa shape index (κ3) is 2.71. The van der Waals surface area contributed by atoms with E-state index in [0.29, 0.717) is 11.4 Å². The molecule has 0 atom stereocenters. The molecular weight excluding hydrogens is 259 g/mol. The van der Waals surface area contributed by atoms with E-state index in [2.05, 4.69) is 0 Å². The number of nitrogen functional groups attached to an aromatic ring is 1. The Morgan fingerprint density at radius 1 is 1.20 bits per heavy atom. The summed E-state index contributed by atoms with van der Waals surface area (Å²) in [5.41, 5.74) is 6.35. The average Bonchev–Trinajstić information content (AvgIpc) is 2.48. The standard InChI is InChI=1S/C15H15FN2O2/c1-18(11-4-6-12(20-2)7-5-11)15(19)10-3-8-14(17)13(16)9-10/h3-9H,17H2,1-2H3. The fraction of sp³-hybridized carbons (Fsp3) is 0.133. The Morgan fingerprint density at radius 3 is 2.40 bits per heavy atom. The van der Waals surface area contributed by atoms with Crippen molar-refractivity contribution in [3.05, 3.63) is 53.8 Å². The summed E-state index contributed by atoms with van der Waals surface area (Å²) in [6.07, 6.45) is 0. The zero-order chi connectivity index (χ0) is 14.7. The van der Waals surface area contributed by atoms with Crippen LogP contribution in [0, 0.1) is 5.82 Å². The van der Waals surface area contributed by atoms with Crippen molar-refractivity contribution in [2.75, 3.05) is 24.8 Å². The molecule has 5 heteroatoms. The van der Waals surface area contributed by atoms with Crippen LogP contribution < -0.4 is 15.4 Å². The van der Waals surface area contributed by atoms with Gasteiger partial charge in [-0.1, -0.05) is 0 Å². The van der Waals surface area contributed by atoms with Gasteiger partial charge in [-0.15, -0.1) is 0 Å². The molecule has 4 nitrogen and oxygen atoms in total. The highest BCUT2D eigenvalue weighted by Crippen LogP contribution is 2.21. The molecule has 0 aliphatic rings. The van der Waals surface area contributed by atoms with Gasteiger partial charge in [0.25, 0.3) is 5.91 Å². The molecule has 0 radical (unpaired) electrons. The molecule has 0 heterocycles. The summed E-state index contributed by atoms with van der Waals surface area (Å²) in [5, 5.41) is 0. The summed E-state index contributed by atoms with van der Waals surface area (Å²) in [6.45, 7) is 0. The SMILES string of the molecule is COc1ccc(N(C)C(=O)c2ccc(N)c(F)c2)cc1. The van der Waals surface area contributed by atoms with E-state index in [1.807, 2.05) is 0 Å². The Kier molecular flexibility index (Phi) is 3.89. The van der Waals surface area contributed by atoms with Crippen molar-refractivity contribution < 1.29 is 13.9 Å². The quantitative estimate of drug-likeness (QED) is 0.875. The number of anilines is 2. The molecule has 2 aromatic rings. The molecule has 2 aromatic carbocycles. The summed E-state index contributed by atoms with van der Waals surface area (Å²) in [6, 6.07) is 11.0. The van der Waals surface area contributed by atoms with Crippen LogP contribution in [0.5, 0.6) is 5.75 Å². The van der Waals surface area contributed by atoms with Gasteiger partial charge in [0.1, 0.15) is 11.6 Å². The van der Waals surface area contributed by atoms with E-state index in [-0.39, 0.29) is 17.2 Å². The van der Waals surface area contributed by atoms with Gasteiger partial charge in [0.15, 0.2) is 0 Å². The van der Waals surface area contributed by atoms with Crippen LogP contribution in [0.25, 0.3) is 0 Å². The van der Waals surface area contributed by atoms with Gasteiger partial charge in [-0.05, 0) is 42.5 Å². The summed E-state index contributed by atoms with van der Waals surface area (Å²) >= 11 is 0. The average molecular weight is 274 g/mol. The lowest BCUT2D eigenvalue weighted by atomic mass is 10.1. The predicted molar refractivity (Wildman–Crippen MR) is 76.5 cm³/mol. The highest BCUT2D eigenvalue weighted by molar-refractivity contribution is 6.05. The normalized spacial score (nSPS) is 10.2. The second-order valence-electron chi connectivity index (χ2n) is 4.30. The first-order valence-corrected chi connectivity index (χ1v) is 6.00. The number of halogens is 1. The highest BCUT2D eigenvalue weighted by Gasteiger charge is 2.15. The minimum absolute atomic E-state index is 0.0219. The number of rotatable bonds is 3. The molecule has 0 aromatic heterocycles. The Hall–Kier alpha value is -2.56. The number of ether oxygens (including phenoxy) is 1. The molecule has 0 bridgehead atoms. The Balaban J connectivity index is 2.24. The third-order valence-electron chi connectivity index (χ3n) is 3.01. The molecule has 0 unspecified atom stereocenters. The molecule has 2 rings (SSSR count). The number of nitrogens with zero attached hydrogens (tertiary/aromatic N) is 1. The molecule has 0 saturated carbocycles. The minimum atomic E-state index is -0.598. The van der Waals surface area contributed by atoms with Gasteiger partial charge in [0.05, 0.1) is 12.8 Å². The molecule has 0 aliphatic heterocycles. The molecular formula is C15H15FN2O2.